The summed E-state index contributed by atoms with van der Waals surface area (Å²) in [6.45, 7) is 4.14. The molecule has 2 aliphatic heterocycles. The second-order valence-corrected chi connectivity index (χ2v) is 8.07. The van der Waals surface area contributed by atoms with E-state index in [9.17, 15) is 4.79 Å². The van der Waals surface area contributed by atoms with Crippen LogP contribution in [0.4, 0.5) is 5.82 Å². The molecule has 0 spiro atoms. The lowest BCUT2D eigenvalue weighted by Crippen LogP contribution is -2.48. The Morgan fingerprint density at radius 3 is 2.55 bits per heavy atom. The van der Waals surface area contributed by atoms with Crippen LogP contribution < -0.4 is 14.4 Å². The molecule has 1 saturated heterocycles. The van der Waals surface area contributed by atoms with Crippen molar-refractivity contribution in [3.05, 3.63) is 59.6 Å². The van der Waals surface area contributed by atoms with Gasteiger partial charge in [-0.3, -0.25) is 4.79 Å². The number of hydrogen-bond acceptors (Lipinski definition) is 6. The lowest BCUT2D eigenvalue weighted by atomic mass is 10.1. The fourth-order valence-electron chi connectivity index (χ4n) is 3.64. The van der Waals surface area contributed by atoms with Crippen molar-refractivity contribution in [3.63, 3.8) is 0 Å². The van der Waals surface area contributed by atoms with Crippen LogP contribution in [0.1, 0.15) is 9.67 Å². The zero-order chi connectivity index (χ0) is 19.6. The van der Waals surface area contributed by atoms with Crippen molar-refractivity contribution in [2.75, 3.05) is 44.3 Å². The fourth-order valence-corrected chi connectivity index (χ4v) is 4.61. The van der Waals surface area contributed by atoms with Crippen LogP contribution in [-0.2, 0) is 0 Å². The molecular weight excluding hydrogens is 386 g/mol. The third-order valence-electron chi connectivity index (χ3n) is 5.18. The minimum absolute atomic E-state index is 0.0967. The van der Waals surface area contributed by atoms with Crippen LogP contribution in [0.25, 0.3) is 10.4 Å². The Morgan fingerprint density at radius 1 is 0.931 bits per heavy atom. The number of hydrogen-bond donors (Lipinski definition) is 0. The monoisotopic (exact) mass is 407 g/mol. The summed E-state index contributed by atoms with van der Waals surface area (Å²) in [7, 11) is 0. The molecule has 0 N–H and O–H groups in total. The quantitative estimate of drug-likeness (QED) is 0.665. The van der Waals surface area contributed by atoms with Crippen molar-refractivity contribution in [2.24, 2.45) is 0 Å². The Balaban J connectivity index is 1.27. The van der Waals surface area contributed by atoms with Gasteiger partial charge in [-0.2, -0.15) is 0 Å². The molecule has 4 heterocycles. The lowest BCUT2D eigenvalue weighted by Gasteiger charge is -2.35. The smallest absolute Gasteiger partial charge is 0.264 e. The number of rotatable bonds is 3. The highest BCUT2D eigenvalue weighted by atomic mass is 32.1. The van der Waals surface area contributed by atoms with Gasteiger partial charge in [-0.25, -0.2) is 4.98 Å². The molecule has 6 nitrogen and oxygen atoms in total. The summed E-state index contributed by atoms with van der Waals surface area (Å²) in [6.07, 6.45) is 1.80. The van der Waals surface area contributed by atoms with Gasteiger partial charge in [0.15, 0.2) is 11.5 Å². The topological polar surface area (TPSA) is 54.9 Å². The van der Waals surface area contributed by atoms with Gasteiger partial charge in [-0.1, -0.05) is 6.07 Å². The van der Waals surface area contributed by atoms with Crippen LogP contribution in [0.2, 0.25) is 0 Å². The van der Waals surface area contributed by atoms with Gasteiger partial charge >= 0.3 is 0 Å². The highest BCUT2D eigenvalue weighted by Gasteiger charge is 2.24. The van der Waals surface area contributed by atoms with Crippen molar-refractivity contribution in [1.82, 2.24) is 9.88 Å². The van der Waals surface area contributed by atoms with Crippen molar-refractivity contribution in [3.8, 4) is 21.9 Å². The zero-order valence-corrected chi connectivity index (χ0v) is 16.7. The maximum atomic E-state index is 13.0. The number of nitrogens with zero attached hydrogens (tertiary/aromatic N) is 3. The molecule has 2 aliphatic rings. The van der Waals surface area contributed by atoms with Crippen LogP contribution >= 0.6 is 11.3 Å². The molecule has 1 aromatic carbocycles. The first-order valence-corrected chi connectivity index (χ1v) is 10.5. The number of anilines is 1. The Hall–Kier alpha value is -3.06. The van der Waals surface area contributed by atoms with Crippen molar-refractivity contribution < 1.29 is 14.3 Å². The van der Waals surface area contributed by atoms with Crippen LogP contribution in [-0.4, -0.2) is 55.2 Å². The van der Waals surface area contributed by atoms with E-state index in [4.69, 9.17) is 9.47 Å². The average molecular weight is 407 g/mol. The molecular formula is C22H21N3O3S. The van der Waals surface area contributed by atoms with Gasteiger partial charge in [0.05, 0.1) is 4.88 Å². The van der Waals surface area contributed by atoms with Gasteiger partial charge in [0.1, 0.15) is 19.0 Å². The number of carbonyl (C=O) groups excluding carboxylic acids is 1. The summed E-state index contributed by atoms with van der Waals surface area (Å²) in [5, 5.41) is 0. The van der Waals surface area contributed by atoms with E-state index >= 15 is 0 Å². The number of piperazine rings is 1. The third kappa shape index (κ3) is 3.65. The molecule has 3 aromatic rings. The molecule has 0 atom stereocenters. The first-order valence-electron chi connectivity index (χ1n) is 9.73. The number of amides is 1. The Kier molecular flexibility index (Phi) is 4.81. The molecule has 0 saturated carbocycles. The summed E-state index contributed by atoms with van der Waals surface area (Å²) >= 11 is 1.52. The molecule has 7 heteroatoms. The van der Waals surface area contributed by atoms with E-state index < -0.39 is 0 Å². The molecule has 1 amide bonds. The molecule has 29 heavy (non-hydrogen) atoms. The molecule has 0 unspecified atom stereocenters. The van der Waals surface area contributed by atoms with E-state index in [1.807, 2.05) is 53.4 Å². The van der Waals surface area contributed by atoms with E-state index in [2.05, 4.69) is 9.88 Å². The molecule has 5 rings (SSSR count). The molecule has 148 valence electrons. The van der Waals surface area contributed by atoms with E-state index in [1.165, 1.54) is 11.3 Å². The molecule has 1 fully saturated rings. The Morgan fingerprint density at radius 2 is 1.76 bits per heavy atom. The largest absolute Gasteiger partial charge is 0.486 e. The number of fused-ring (bicyclic) bond motifs is 1. The summed E-state index contributed by atoms with van der Waals surface area (Å²) in [5.74, 6) is 2.61. The standard InChI is InChI=1S/C22H21N3O3S/c26-22(25-11-9-24(10-12-25)21-3-1-2-8-23-21)20-7-6-19(29-20)16-4-5-17-18(15-16)28-14-13-27-17/h1-8,15H,9-14H2. The van der Waals surface area contributed by atoms with Crippen LogP contribution in [0.5, 0.6) is 11.5 Å². The van der Waals surface area contributed by atoms with Gasteiger partial charge < -0.3 is 19.3 Å². The Bertz CT molecular complexity index is 1010. The van der Waals surface area contributed by atoms with Gasteiger partial charge in [-0.05, 0) is 48.0 Å². The highest BCUT2D eigenvalue weighted by molar-refractivity contribution is 7.17. The number of pyridine rings is 1. The zero-order valence-electron chi connectivity index (χ0n) is 15.9. The SMILES string of the molecule is O=C(c1ccc(-c2ccc3c(c2)OCCO3)s1)N1CCN(c2ccccn2)CC1. The predicted octanol–water partition coefficient (Wildman–Crippen LogP) is 3.54. The number of carbonyl (C=O) groups is 1. The normalized spacial score (nSPS) is 16.0. The van der Waals surface area contributed by atoms with Gasteiger partial charge in [0, 0.05) is 37.3 Å². The minimum Gasteiger partial charge on any atom is -0.486 e. The maximum Gasteiger partial charge on any atom is 0.264 e. The summed E-state index contributed by atoms with van der Waals surface area (Å²) in [6, 6.07) is 15.8. The predicted molar refractivity (Wildman–Crippen MR) is 113 cm³/mol. The second kappa shape index (κ2) is 7.75. The van der Waals surface area contributed by atoms with Crippen molar-refractivity contribution in [1.29, 1.82) is 0 Å². The first kappa shape index (κ1) is 18.0. The van der Waals surface area contributed by atoms with E-state index in [0.29, 0.717) is 26.3 Å². The van der Waals surface area contributed by atoms with E-state index in [-0.39, 0.29) is 5.91 Å². The third-order valence-corrected chi connectivity index (χ3v) is 6.31. The van der Waals surface area contributed by atoms with Crippen LogP contribution in [0.3, 0.4) is 0 Å². The van der Waals surface area contributed by atoms with Crippen LogP contribution in [0.15, 0.2) is 54.7 Å². The fraction of sp³-hybridized carbons (Fsp3) is 0.273. The van der Waals surface area contributed by atoms with Gasteiger partial charge in [-0.15, -0.1) is 11.3 Å². The number of ether oxygens (including phenoxy) is 2. The summed E-state index contributed by atoms with van der Waals surface area (Å²) in [5.41, 5.74) is 1.04. The van der Waals surface area contributed by atoms with Crippen molar-refractivity contribution in [2.45, 2.75) is 0 Å². The number of thiophene rings is 1. The second-order valence-electron chi connectivity index (χ2n) is 6.99. The highest BCUT2D eigenvalue weighted by Crippen LogP contribution is 2.37. The first-order chi connectivity index (χ1) is 14.3. The molecule has 2 aromatic heterocycles. The molecule has 0 aliphatic carbocycles. The van der Waals surface area contributed by atoms with E-state index in [1.54, 1.807) is 6.20 Å². The van der Waals surface area contributed by atoms with Gasteiger partial charge in [0.2, 0.25) is 0 Å². The average Bonchev–Trinajstić information content (AvgIpc) is 3.29. The van der Waals surface area contributed by atoms with Crippen molar-refractivity contribution >= 4 is 23.1 Å². The number of benzene rings is 1. The van der Waals surface area contributed by atoms with Gasteiger partial charge in [0.25, 0.3) is 5.91 Å². The number of aromatic nitrogens is 1. The lowest BCUT2D eigenvalue weighted by molar-refractivity contribution is 0.0751. The van der Waals surface area contributed by atoms with Crippen LogP contribution in [0, 0.1) is 0 Å². The maximum absolute atomic E-state index is 13.0. The summed E-state index contributed by atoms with van der Waals surface area (Å²) < 4.78 is 11.3. The molecule has 0 bridgehead atoms. The Labute approximate surface area is 173 Å². The minimum atomic E-state index is 0.0967. The molecule has 0 radical (unpaired) electrons. The van der Waals surface area contributed by atoms with E-state index in [0.717, 1.165) is 45.7 Å². The summed E-state index contributed by atoms with van der Waals surface area (Å²) in [4.78, 5) is 23.3.